The Morgan fingerprint density at radius 1 is 1.40 bits per heavy atom. The van der Waals surface area contributed by atoms with E-state index in [4.69, 9.17) is 11.6 Å². The van der Waals surface area contributed by atoms with E-state index in [1.165, 1.54) is 0 Å². The molecule has 0 spiro atoms. The Kier molecular flexibility index (Phi) is 2.56. The summed E-state index contributed by atoms with van der Waals surface area (Å²) >= 11 is 5.69. The number of rotatable bonds is 2. The molecule has 2 aromatic rings. The van der Waals surface area contributed by atoms with Crippen LogP contribution in [0, 0.1) is 0 Å². The Morgan fingerprint density at radius 3 is 2.80 bits per heavy atom. The van der Waals surface area contributed by atoms with Crippen LogP contribution in [0.5, 0.6) is 0 Å². The molecule has 76 valence electrons. The van der Waals surface area contributed by atoms with E-state index in [-0.39, 0.29) is 0 Å². The zero-order chi connectivity index (χ0) is 10.8. The number of hydrogen-bond donors (Lipinski definition) is 0. The first-order valence-corrected chi connectivity index (χ1v) is 4.82. The molecule has 0 N–H and O–H groups in total. The van der Waals surface area contributed by atoms with Crippen molar-refractivity contribution in [1.29, 1.82) is 0 Å². The van der Waals surface area contributed by atoms with E-state index in [2.05, 4.69) is 4.98 Å². The van der Waals surface area contributed by atoms with Crippen molar-refractivity contribution in [2.24, 2.45) is 7.05 Å². The Labute approximate surface area is 92.3 Å². The lowest BCUT2D eigenvalue weighted by atomic mass is 10.1. The highest BCUT2D eigenvalue weighted by atomic mass is 35.5. The standard InChI is InChI=1S/C11H9ClN2O/c1-14-5-4-9(10(14)7-15)8-2-3-11(12)13-6-8/h2-7H,1H3. The van der Waals surface area contributed by atoms with E-state index in [0.29, 0.717) is 10.8 Å². The van der Waals surface area contributed by atoms with Crippen LogP contribution in [0.25, 0.3) is 11.1 Å². The molecule has 0 unspecified atom stereocenters. The summed E-state index contributed by atoms with van der Waals surface area (Å²) in [6, 6.07) is 5.44. The number of pyridine rings is 1. The maximum atomic E-state index is 10.9. The molecule has 0 aliphatic rings. The summed E-state index contributed by atoms with van der Waals surface area (Å²) in [5.74, 6) is 0. The van der Waals surface area contributed by atoms with Crippen LogP contribution in [-0.4, -0.2) is 15.8 Å². The van der Waals surface area contributed by atoms with Gasteiger partial charge in [-0.05, 0) is 18.2 Å². The lowest BCUT2D eigenvalue weighted by Crippen LogP contribution is -1.94. The van der Waals surface area contributed by atoms with Crippen LogP contribution >= 0.6 is 11.6 Å². The first kappa shape index (κ1) is 9.93. The molecule has 2 aromatic heterocycles. The van der Waals surface area contributed by atoms with E-state index < -0.39 is 0 Å². The minimum Gasteiger partial charge on any atom is -0.348 e. The van der Waals surface area contributed by atoms with Gasteiger partial charge in [0.15, 0.2) is 6.29 Å². The molecule has 2 heterocycles. The molecule has 3 nitrogen and oxygen atoms in total. The van der Waals surface area contributed by atoms with Gasteiger partial charge < -0.3 is 4.57 Å². The summed E-state index contributed by atoms with van der Waals surface area (Å²) in [7, 11) is 1.83. The molecule has 4 heteroatoms. The van der Waals surface area contributed by atoms with Crippen LogP contribution in [0.15, 0.2) is 30.6 Å². The molecule has 0 aliphatic heterocycles. The van der Waals surface area contributed by atoms with Gasteiger partial charge in [-0.15, -0.1) is 0 Å². The minimum absolute atomic E-state index is 0.447. The third kappa shape index (κ3) is 1.78. The van der Waals surface area contributed by atoms with E-state index in [0.717, 1.165) is 17.4 Å². The fraction of sp³-hybridized carbons (Fsp3) is 0.0909. The monoisotopic (exact) mass is 220 g/mol. The van der Waals surface area contributed by atoms with Crippen LogP contribution in [0.1, 0.15) is 10.5 Å². The van der Waals surface area contributed by atoms with Crippen molar-refractivity contribution in [2.75, 3.05) is 0 Å². The zero-order valence-corrected chi connectivity index (χ0v) is 8.90. The normalized spacial score (nSPS) is 10.3. The maximum absolute atomic E-state index is 10.9. The third-order valence-corrected chi connectivity index (χ3v) is 2.49. The van der Waals surface area contributed by atoms with Crippen molar-refractivity contribution in [1.82, 2.24) is 9.55 Å². The van der Waals surface area contributed by atoms with Crippen LogP contribution in [0.4, 0.5) is 0 Å². The van der Waals surface area contributed by atoms with Gasteiger partial charge >= 0.3 is 0 Å². The smallest absolute Gasteiger partial charge is 0.167 e. The van der Waals surface area contributed by atoms with Crippen molar-refractivity contribution >= 4 is 17.9 Å². The van der Waals surface area contributed by atoms with Crippen molar-refractivity contribution in [2.45, 2.75) is 0 Å². The summed E-state index contributed by atoms with van der Waals surface area (Å²) in [6.45, 7) is 0. The number of hydrogen-bond acceptors (Lipinski definition) is 2. The third-order valence-electron chi connectivity index (χ3n) is 2.27. The van der Waals surface area contributed by atoms with Gasteiger partial charge in [0.05, 0.1) is 5.69 Å². The lowest BCUT2D eigenvalue weighted by molar-refractivity contribution is 0.111. The van der Waals surface area contributed by atoms with Crippen molar-refractivity contribution in [3.8, 4) is 11.1 Å². The summed E-state index contributed by atoms with van der Waals surface area (Å²) in [5, 5.41) is 0.447. The molecule has 0 atom stereocenters. The Balaban J connectivity index is 2.53. The molecule has 0 fully saturated rings. The number of aryl methyl sites for hydroxylation is 1. The number of aromatic nitrogens is 2. The molecule has 0 bridgehead atoms. The van der Waals surface area contributed by atoms with Gasteiger partial charge in [0, 0.05) is 30.6 Å². The Morgan fingerprint density at radius 2 is 2.20 bits per heavy atom. The first-order valence-electron chi connectivity index (χ1n) is 4.45. The van der Waals surface area contributed by atoms with Crippen LogP contribution < -0.4 is 0 Å². The average Bonchev–Trinajstić information content (AvgIpc) is 2.61. The summed E-state index contributed by atoms with van der Waals surface area (Å²) in [5.41, 5.74) is 2.40. The molecule has 0 aromatic carbocycles. The maximum Gasteiger partial charge on any atom is 0.167 e. The van der Waals surface area contributed by atoms with Gasteiger partial charge in [0.1, 0.15) is 5.15 Å². The predicted octanol–water partition coefficient (Wildman–Crippen LogP) is 2.55. The number of aldehydes is 1. The SMILES string of the molecule is Cn1ccc(-c2ccc(Cl)nc2)c1C=O. The molecule has 0 saturated carbocycles. The molecule has 0 radical (unpaired) electrons. The Bertz CT molecular complexity index is 488. The lowest BCUT2D eigenvalue weighted by Gasteiger charge is -2.00. The van der Waals surface area contributed by atoms with Gasteiger partial charge in [-0.25, -0.2) is 4.98 Å². The molecular formula is C11H9ClN2O. The highest BCUT2D eigenvalue weighted by Gasteiger charge is 2.08. The van der Waals surface area contributed by atoms with Gasteiger partial charge in [-0.3, -0.25) is 4.79 Å². The molecule has 0 saturated heterocycles. The minimum atomic E-state index is 0.447. The number of carbonyl (C=O) groups excluding carboxylic acids is 1. The first-order chi connectivity index (χ1) is 7.22. The molecule has 15 heavy (non-hydrogen) atoms. The molecule has 0 amide bonds. The zero-order valence-electron chi connectivity index (χ0n) is 8.14. The van der Waals surface area contributed by atoms with Gasteiger partial charge in [0.2, 0.25) is 0 Å². The predicted molar refractivity (Wildman–Crippen MR) is 59.0 cm³/mol. The highest BCUT2D eigenvalue weighted by Crippen LogP contribution is 2.23. The second kappa shape index (κ2) is 3.87. The van der Waals surface area contributed by atoms with E-state index >= 15 is 0 Å². The highest BCUT2D eigenvalue weighted by molar-refractivity contribution is 6.29. The quantitative estimate of drug-likeness (QED) is 0.576. The number of halogens is 1. The fourth-order valence-electron chi connectivity index (χ4n) is 1.47. The van der Waals surface area contributed by atoms with Crippen LogP contribution in [-0.2, 0) is 7.05 Å². The van der Waals surface area contributed by atoms with Crippen molar-refractivity contribution in [3.05, 3.63) is 41.4 Å². The second-order valence-electron chi connectivity index (χ2n) is 3.21. The molecular weight excluding hydrogens is 212 g/mol. The van der Waals surface area contributed by atoms with E-state index in [1.807, 2.05) is 25.4 Å². The molecule has 2 rings (SSSR count). The van der Waals surface area contributed by atoms with E-state index in [9.17, 15) is 4.79 Å². The number of carbonyl (C=O) groups is 1. The Hall–Kier alpha value is -1.61. The van der Waals surface area contributed by atoms with Crippen molar-refractivity contribution < 1.29 is 4.79 Å². The van der Waals surface area contributed by atoms with Gasteiger partial charge in [-0.2, -0.15) is 0 Å². The average molecular weight is 221 g/mol. The van der Waals surface area contributed by atoms with Crippen LogP contribution in [0.2, 0.25) is 5.15 Å². The van der Waals surface area contributed by atoms with Gasteiger partial charge in [-0.1, -0.05) is 11.6 Å². The fourth-order valence-corrected chi connectivity index (χ4v) is 1.58. The van der Waals surface area contributed by atoms with E-state index in [1.54, 1.807) is 16.8 Å². The number of nitrogens with zero attached hydrogens (tertiary/aromatic N) is 2. The second-order valence-corrected chi connectivity index (χ2v) is 3.60. The molecule has 0 aliphatic carbocycles. The largest absolute Gasteiger partial charge is 0.348 e. The van der Waals surface area contributed by atoms with Crippen LogP contribution in [0.3, 0.4) is 0 Å². The van der Waals surface area contributed by atoms with Gasteiger partial charge in [0.25, 0.3) is 0 Å². The topological polar surface area (TPSA) is 34.9 Å². The summed E-state index contributed by atoms with van der Waals surface area (Å²) in [6.07, 6.45) is 4.34. The summed E-state index contributed by atoms with van der Waals surface area (Å²) in [4.78, 5) is 14.9. The van der Waals surface area contributed by atoms with Crippen molar-refractivity contribution in [3.63, 3.8) is 0 Å². The summed E-state index contributed by atoms with van der Waals surface area (Å²) < 4.78 is 1.77.